The first-order valence-electron chi connectivity index (χ1n) is 8.55. The number of aryl methyl sites for hydroxylation is 1. The fourth-order valence-corrected chi connectivity index (χ4v) is 2.82. The van der Waals surface area contributed by atoms with E-state index >= 15 is 0 Å². The van der Waals surface area contributed by atoms with E-state index in [-0.39, 0.29) is 30.1 Å². The molecule has 0 bridgehead atoms. The molecule has 132 valence electrons. The van der Waals surface area contributed by atoms with Crippen molar-refractivity contribution in [2.75, 3.05) is 31.5 Å². The molecule has 0 aliphatic carbocycles. The average Bonchev–Trinajstić information content (AvgIpc) is 2.56. The van der Waals surface area contributed by atoms with Crippen LogP contribution in [0.2, 0.25) is 0 Å². The van der Waals surface area contributed by atoms with Crippen molar-refractivity contribution in [1.82, 2.24) is 10.2 Å². The summed E-state index contributed by atoms with van der Waals surface area (Å²) in [5.41, 5.74) is 1.02. The molecule has 0 unspecified atom stereocenters. The molecule has 0 spiro atoms. The van der Waals surface area contributed by atoms with Crippen molar-refractivity contribution < 1.29 is 14.0 Å². The van der Waals surface area contributed by atoms with Gasteiger partial charge in [-0.15, -0.1) is 0 Å². The lowest BCUT2D eigenvalue weighted by Gasteiger charge is -2.30. The van der Waals surface area contributed by atoms with Gasteiger partial charge >= 0.3 is 0 Å². The van der Waals surface area contributed by atoms with Crippen molar-refractivity contribution in [3.63, 3.8) is 0 Å². The van der Waals surface area contributed by atoms with Gasteiger partial charge in [0.1, 0.15) is 5.82 Å². The van der Waals surface area contributed by atoms with E-state index in [0.29, 0.717) is 17.8 Å². The largest absolute Gasteiger partial charge is 0.356 e. The van der Waals surface area contributed by atoms with Crippen LogP contribution < -0.4 is 10.6 Å². The van der Waals surface area contributed by atoms with Gasteiger partial charge in [-0.25, -0.2) is 4.39 Å². The molecule has 5 nitrogen and oxygen atoms in total. The molecular formula is C18H26FN3O2. The third kappa shape index (κ3) is 5.30. The fraction of sp³-hybridized carbons (Fsp3) is 0.556. The zero-order chi connectivity index (χ0) is 17.5. The quantitative estimate of drug-likeness (QED) is 0.839. The van der Waals surface area contributed by atoms with Crippen LogP contribution in [0.1, 0.15) is 31.7 Å². The third-order valence-electron chi connectivity index (χ3n) is 4.33. The van der Waals surface area contributed by atoms with Gasteiger partial charge in [0.15, 0.2) is 0 Å². The molecule has 1 saturated heterocycles. The molecule has 6 heteroatoms. The number of amides is 2. The lowest BCUT2D eigenvalue weighted by Crippen LogP contribution is -2.43. The van der Waals surface area contributed by atoms with Crippen molar-refractivity contribution in [2.45, 2.75) is 33.1 Å². The van der Waals surface area contributed by atoms with Gasteiger partial charge in [-0.1, -0.05) is 13.0 Å². The molecular weight excluding hydrogens is 309 g/mol. The van der Waals surface area contributed by atoms with Gasteiger partial charge in [0, 0.05) is 18.2 Å². The number of benzene rings is 1. The average molecular weight is 335 g/mol. The predicted molar refractivity (Wildman–Crippen MR) is 92.2 cm³/mol. The third-order valence-corrected chi connectivity index (χ3v) is 4.33. The van der Waals surface area contributed by atoms with Crippen molar-refractivity contribution >= 4 is 17.5 Å². The number of rotatable bonds is 6. The summed E-state index contributed by atoms with van der Waals surface area (Å²) >= 11 is 0. The highest BCUT2D eigenvalue weighted by atomic mass is 19.1. The van der Waals surface area contributed by atoms with E-state index in [1.54, 1.807) is 19.1 Å². The summed E-state index contributed by atoms with van der Waals surface area (Å²) in [6, 6.07) is 4.67. The number of hydrogen-bond donors (Lipinski definition) is 2. The molecule has 1 aromatic carbocycles. The van der Waals surface area contributed by atoms with E-state index in [9.17, 15) is 14.0 Å². The summed E-state index contributed by atoms with van der Waals surface area (Å²) in [4.78, 5) is 26.1. The molecule has 2 rings (SSSR count). The molecule has 1 heterocycles. The number of anilines is 1. The highest BCUT2D eigenvalue weighted by Crippen LogP contribution is 2.18. The number of hydrogen-bond acceptors (Lipinski definition) is 3. The Morgan fingerprint density at radius 1 is 1.29 bits per heavy atom. The standard InChI is InChI=1S/C18H26FN3O2/c1-3-8-20-18(24)14-6-9-22(10-7-14)12-17(23)21-15-5-4-13(2)16(19)11-15/h4-5,11,14H,3,6-10,12H2,1-2H3,(H,20,24)(H,21,23). The Morgan fingerprint density at radius 2 is 2.00 bits per heavy atom. The SMILES string of the molecule is CCCNC(=O)C1CCN(CC(=O)Nc2ccc(C)c(F)c2)CC1. The number of carbonyl (C=O) groups excluding carboxylic acids is 2. The highest BCUT2D eigenvalue weighted by Gasteiger charge is 2.25. The lowest BCUT2D eigenvalue weighted by molar-refractivity contribution is -0.126. The Balaban J connectivity index is 1.75. The summed E-state index contributed by atoms with van der Waals surface area (Å²) in [5, 5.41) is 5.65. The zero-order valence-corrected chi connectivity index (χ0v) is 14.4. The highest BCUT2D eigenvalue weighted by molar-refractivity contribution is 5.92. The normalized spacial score (nSPS) is 16.0. The number of carbonyl (C=O) groups is 2. The van der Waals surface area contributed by atoms with Crippen LogP contribution in [0.5, 0.6) is 0 Å². The monoisotopic (exact) mass is 335 g/mol. The van der Waals surface area contributed by atoms with Gasteiger partial charge in [0.25, 0.3) is 0 Å². The van der Waals surface area contributed by atoms with E-state index < -0.39 is 0 Å². The molecule has 1 fully saturated rings. The Kier molecular flexibility index (Phi) is 6.73. The minimum atomic E-state index is -0.327. The van der Waals surface area contributed by atoms with E-state index in [1.807, 2.05) is 11.8 Å². The molecule has 1 aliphatic rings. The van der Waals surface area contributed by atoms with Gasteiger partial charge < -0.3 is 10.6 Å². The zero-order valence-electron chi connectivity index (χ0n) is 14.4. The van der Waals surface area contributed by atoms with Gasteiger partial charge in [0.2, 0.25) is 11.8 Å². The maximum absolute atomic E-state index is 13.5. The molecule has 1 aliphatic heterocycles. The Labute approximate surface area is 142 Å². The summed E-state index contributed by atoms with van der Waals surface area (Å²) < 4.78 is 13.5. The summed E-state index contributed by atoms with van der Waals surface area (Å²) in [6.45, 7) is 6.14. The lowest BCUT2D eigenvalue weighted by atomic mass is 9.96. The van der Waals surface area contributed by atoms with Crippen molar-refractivity contribution in [3.8, 4) is 0 Å². The van der Waals surface area contributed by atoms with E-state index in [2.05, 4.69) is 10.6 Å². The van der Waals surface area contributed by atoms with Crippen molar-refractivity contribution in [2.24, 2.45) is 5.92 Å². The van der Waals surface area contributed by atoms with Crippen LogP contribution in [0.4, 0.5) is 10.1 Å². The molecule has 0 saturated carbocycles. The van der Waals surface area contributed by atoms with Crippen molar-refractivity contribution in [1.29, 1.82) is 0 Å². The Hall–Kier alpha value is -1.95. The van der Waals surface area contributed by atoms with Crippen molar-refractivity contribution in [3.05, 3.63) is 29.6 Å². The van der Waals surface area contributed by atoms with Crippen LogP contribution in [0.25, 0.3) is 0 Å². The first kappa shape index (κ1) is 18.4. The number of nitrogens with zero attached hydrogens (tertiary/aromatic N) is 1. The number of nitrogens with one attached hydrogen (secondary N) is 2. The summed E-state index contributed by atoms with van der Waals surface area (Å²) in [7, 11) is 0. The number of likely N-dealkylation sites (tertiary alicyclic amines) is 1. The maximum atomic E-state index is 13.5. The Bertz CT molecular complexity index is 584. The first-order valence-corrected chi connectivity index (χ1v) is 8.55. The van der Waals surface area contributed by atoms with Gasteiger partial charge in [-0.05, 0) is 57.0 Å². The summed E-state index contributed by atoms with van der Waals surface area (Å²) in [5.74, 6) is -0.322. The molecule has 0 atom stereocenters. The number of piperidine rings is 1. The molecule has 0 aromatic heterocycles. The number of halogens is 1. The van der Waals surface area contributed by atoms with Gasteiger partial charge in [-0.3, -0.25) is 14.5 Å². The molecule has 1 aromatic rings. The fourth-order valence-electron chi connectivity index (χ4n) is 2.82. The van der Waals surface area contributed by atoms with Crippen LogP contribution in [0.3, 0.4) is 0 Å². The van der Waals surface area contributed by atoms with E-state index in [0.717, 1.165) is 32.4 Å². The van der Waals surface area contributed by atoms with Crippen LogP contribution in [-0.2, 0) is 9.59 Å². The molecule has 24 heavy (non-hydrogen) atoms. The molecule has 2 N–H and O–H groups in total. The van der Waals surface area contributed by atoms with Crippen LogP contribution in [-0.4, -0.2) is 42.9 Å². The smallest absolute Gasteiger partial charge is 0.238 e. The van der Waals surface area contributed by atoms with Crippen LogP contribution in [0, 0.1) is 18.7 Å². The molecule has 0 radical (unpaired) electrons. The minimum Gasteiger partial charge on any atom is -0.356 e. The second kappa shape index (κ2) is 8.78. The first-order chi connectivity index (χ1) is 11.5. The molecule has 2 amide bonds. The van der Waals surface area contributed by atoms with Crippen LogP contribution in [0.15, 0.2) is 18.2 Å². The predicted octanol–water partition coefficient (Wildman–Crippen LogP) is 2.31. The van der Waals surface area contributed by atoms with Crippen LogP contribution >= 0.6 is 0 Å². The topological polar surface area (TPSA) is 61.4 Å². The van der Waals surface area contributed by atoms with E-state index in [4.69, 9.17) is 0 Å². The second-order valence-corrected chi connectivity index (χ2v) is 6.35. The van der Waals surface area contributed by atoms with Gasteiger partial charge in [0.05, 0.1) is 6.54 Å². The summed E-state index contributed by atoms with van der Waals surface area (Å²) in [6.07, 6.45) is 2.47. The Morgan fingerprint density at radius 3 is 2.62 bits per heavy atom. The maximum Gasteiger partial charge on any atom is 0.238 e. The second-order valence-electron chi connectivity index (χ2n) is 6.35. The minimum absolute atomic E-state index is 0.0436. The van der Waals surface area contributed by atoms with Gasteiger partial charge in [-0.2, -0.15) is 0 Å². The van der Waals surface area contributed by atoms with E-state index in [1.165, 1.54) is 6.07 Å².